The van der Waals surface area contributed by atoms with Crippen molar-refractivity contribution in [3.05, 3.63) is 29.1 Å². The number of imide groups is 2. The number of rotatable bonds is 2. The van der Waals surface area contributed by atoms with Gasteiger partial charge in [0.15, 0.2) is 0 Å². The monoisotopic (exact) mass is 400 g/mol. The molecular weight excluding hydrogens is 379 g/mol. The van der Waals surface area contributed by atoms with Gasteiger partial charge in [-0.3, -0.25) is 29.4 Å². The molecule has 1 spiro atoms. The van der Waals surface area contributed by atoms with Crippen molar-refractivity contribution < 1.29 is 23.6 Å². The van der Waals surface area contributed by atoms with Crippen LogP contribution in [0.25, 0.3) is 0 Å². The van der Waals surface area contributed by atoms with E-state index in [2.05, 4.69) is 10.6 Å². The molecule has 0 aliphatic carbocycles. The van der Waals surface area contributed by atoms with Gasteiger partial charge in [0, 0.05) is 31.5 Å². The van der Waals surface area contributed by atoms with Gasteiger partial charge in [0.1, 0.15) is 11.9 Å². The lowest BCUT2D eigenvalue weighted by molar-refractivity contribution is -0.136. The molecule has 152 valence electrons. The first kappa shape index (κ1) is 18.2. The van der Waals surface area contributed by atoms with Crippen LogP contribution in [0, 0.1) is 11.2 Å². The van der Waals surface area contributed by atoms with Gasteiger partial charge >= 0.3 is 0 Å². The van der Waals surface area contributed by atoms with Crippen LogP contribution < -0.4 is 15.5 Å². The van der Waals surface area contributed by atoms with Crippen molar-refractivity contribution in [3.63, 3.8) is 0 Å². The molecule has 9 heteroatoms. The van der Waals surface area contributed by atoms with Crippen LogP contribution in [0.3, 0.4) is 0 Å². The van der Waals surface area contributed by atoms with Crippen LogP contribution >= 0.6 is 0 Å². The van der Waals surface area contributed by atoms with Gasteiger partial charge in [0.2, 0.25) is 11.8 Å². The predicted molar refractivity (Wildman–Crippen MR) is 99.8 cm³/mol. The lowest BCUT2D eigenvalue weighted by atomic mass is 9.86. The van der Waals surface area contributed by atoms with Crippen LogP contribution in [0.4, 0.5) is 10.1 Å². The zero-order valence-corrected chi connectivity index (χ0v) is 15.8. The van der Waals surface area contributed by atoms with Gasteiger partial charge in [-0.05, 0) is 37.9 Å². The highest BCUT2D eigenvalue weighted by atomic mass is 19.1. The number of hydrogen-bond acceptors (Lipinski definition) is 6. The Bertz CT molecular complexity index is 956. The van der Waals surface area contributed by atoms with Gasteiger partial charge in [-0.2, -0.15) is 0 Å². The Morgan fingerprint density at radius 2 is 1.83 bits per heavy atom. The van der Waals surface area contributed by atoms with Crippen LogP contribution in [0.2, 0.25) is 0 Å². The maximum absolute atomic E-state index is 14.9. The average molecular weight is 400 g/mol. The number of fused-ring (bicyclic) bond motifs is 1. The number of carbonyl (C=O) groups excluding carboxylic acids is 4. The third-order valence-electron chi connectivity index (χ3n) is 6.62. The lowest BCUT2D eigenvalue weighted by Crippen LogP contribution is -2.54. The standard InChI is InChI=1S/C20H21FN4O4/c21-13-7-11-12(8-15(13)24-6-4-20(10-24)3-5-22-9-20)19(29)25(18(11)28)14-1-2-16(26)23-17(14)27/h7-8,14,22H,1-6,9-10H2,(H,23,26,27). The molecule has 4 heterocycles. The fourth-order valence-corrected chi connectivity index (χ4v) is 5.01. The summed E-state index contributed by atoms with van der Waals surface area (Å²) in [6, 6.07) is 1.50. The van der Waals surface area contributed by atoms with E-state index in [0.717, 1.165) is 36.9 Å². The normalized spacial score (nSPS) is 29.2. The minimum Gasteiger partial charge on any atom is -0.369 e. The quantitative estimate of drug-likeness (QED) is 0.698. The van der Waals surface area contributed by atoms with Crippen molar-refractivity contribution >= 4 is 29.3 Å². The molecule has 3 saturated heterocycles. The number of nitrogens with one attached hydrogen (secondary N) is 2. The van der Waals surface area contributed by atoms with Crippen molar-refractivity contribution in [2.24, 2.45) is 5.41 Å². The molecule has 2 N–H and O–H groups in total. The number of hydrogen-bond donors (Lipinski definition) is 2. The molecule has 3 fully saturated rings. The van der Waals surface area contributed by atoms with E-state index in [1.807, 2.05) is 4.90 Å². The number of anilines is 1. The first-order valence-corrected chi connectivity index (χ1v) is 9.89. The van der Waals surface area contributed by atoms with Gasteiger partial charge in [-0.25, -0.2) is 4.39 Å². The Morgan fingerprint density at radius 3 is 2.52 bits per heavy atom. The summed E-state index contributed by atoms with van der Waals surface area (Å²) in [5.41, 5.74) is 0.530. The zero-order valence-electron chi connectivity index (χ0n) is 15.8. The summed E-state index contributed by atoms with van der Waals surface area (Å²) in [7, 11) is 0. The number of halogens is 1. The van der Waals surface area contributed by atoms with Gasteiger partial charge < -0.3 is 10.2 Å². The fraction of sp³-hybridized carbons (Fsp3) is 0.500. The maximum atomic E-state index is 14.9. The summed E-state index contributed by atoms with van der Waals surface area (Å²) in [6.07, 6.45) is 2.11. The number of benzene rings is 1. The Kier molecular flexibility index (Phi) is 3.99. The Hall–Kier alpha value is -2.81. The van der Waals surface area contributed by atoms with Gasteiger partial charge in [-0.1, -0.05) is 0 Å². The van der Waals surface area contributed by atoms with Crippen LogP contribution in [0.1, 0.15) is 46.4 Å². The molecule has 2 atom stereocenters. The van der Waals surface area contributed by atoms with Crippen molar-refractivity contribution in [3.8, 4) is 0 Å². The number of nitrogens with zero attached hydrogens (tertiary/aromatic N) is 2. The molecule has 4 amide bonds. The second-order valence-corrected chi connectivity index (χ2v) is 8.39. The van der Waals surface area contributed by atoms with E-state index in [0.29, 0.717) is 18.8 Å². The SMILES string of the molecule is O=C1CCC(N2C(=O)c3cc(F)c(N4CCC5(CCNC5)C4)cc3C2=O)C(=O)N1. The first-order valence-electron chi connectivity index (χ1n) is 9.89. The third-order valence-corrected chi connectivity index (χ3v) is 6.62. The second-order valence-electron chi connectivity index (χ2n) is 8.39. The smallest absolute Gasteiger partial charge is 0.262 e. The van der Waals surface area contributed by atoms with Crippen molar-refractivity contribution in [2.45, 2.75) is 31.7 Å². The minimum absolute atomic E-state index is 0.0302. The topological polar surface area (TPSA) is 98.8 Å². The van der Waals surface area contributed by atoms with Crippen LogP contribution in [0.15, 0.2) is 12.1 Å². The Morgan fingerprint density at radius 1 is 1.07 bits per heavy atom. The molecule has 4 aliphatic rings. The number of amides is 4. The predicted octanol–water partition coefficient (Wildman–Crippen LogP) is 0.417. The highest BCUT2D eigenvalue weighted by Crippen LogP contribution is 2.40. The van der Waals surface area contributed by atoms with Gasteiger partial charge in [0.25, 0.3) is 11.8 Å². The van der Waals surface area contributed by atoms with Crippen LogP contribution in [0.5, 0.6) is 0 Å². The molecule has 2 unspecified atom stereocenters. The van der Waals surface area contributed by atoms with E-state index in [1.54, 1.807) is 0 Å². The summed E-state index contributed by atoms with van der Waals surface area (Å²) in [5, 5.41) is 5.52. The zero-order chi connectivity index (χ0) is 20.3. The largest absolute Gasteiger partial charge is 0.369 e. The van der Waals surface area contributed by atoms with E-state index < -0.39 is 35.5 Å². The molecule has 0 bridgehead atoms. The second kappa shape index (κ2) is 6.35. The van der Waals surface area contributed by atoms with Crippen molar-refractivity contribution in [1.82, 2.24) is 15.5 Å². The third kappa shape index (κ3) is 2.75. The summed E-state index contributed by atoms with van der Waals surface area (Å²) in [6.45, 7) is 3.25. The Labute approximate surface area is 166 Å². The molecule has 8 nitrogen and oxygen atoms in total. The number of piperidine rings is 1. The summed E-state index contributed by atoms with van der Waals surface area (Å²) < 4.78 is 14.9. The number of carbonyl (C=O) groups is 4. The molecule has 0 saturated carbocycles. The molecular formula is C20H21FN4O4. The molecule has 0 aromatic heterocycles. The maximum Gasteiger partial charge on any atom is 0.262 e. The van der Waals surface area contributed by atoms with E-state index in [4.69, 9.17) is 0 Å². The molecule has 4 aliphatic heterocycles. The molecule has 1 aromatic rings. The van der Waals surface area contributed by atoms with Crippen LogP contribution in [-0.2, 0) is 9.59 Å². The van der Waals surface area contributed by atoms with Crippen molar-refractivity contribution in [2.75, 3.05) is 31.1 Å². The van der Waals surface area contributed by atoms with E-state index in [-0.39, 0.29) is 29.4 Å². The van der Waals surface area contributed by atoms with Crippen molar-refractivity contribution in [1.29, 1.82) is 0 Å². The fourth-order valence-electron chi connectivity index (χ4n) is 5.01. The molecule has 1 aromatic carbocycles. The first-order chi connectivity index (χ1) is 13.9. The summed E-state index contributed by atoms with van der Waals surface area (Å²) in [4.78, 5) is 52.1. The molecule has 29 heavy (non-hydrogen) atoms. The Balaban J connectivity index is 1.45. The lowest BCUT2D eigenvalue weighted by Gasteiger charge is -2.27. The minimum atomic E-state index is -1.05. The van der Waals surface area contributed by atoms with E-state index >= 15 is 0 Å². The molecule has 5 rings (SSSR count). The van der Waals surface area contributed by atoms with Gasteiger partial charge in [-0.15, -0.1) is 0 Å². The summed E-state index contributed by atoms with van der Waals surface area (Å²) in [5.74, 6) is -2.95. The van der Waals surface area contributed by atoms with Gasteiger partial charge in [0.05, 0.1) is 16.8 Å². The van der Waals surface area contributed by atoms with E-state index in [1.165, 1.54) is 6.07 Å². The summed E-state index contributed by atoms with van der Waals surface area (Å²) >= 11 is 0. The van der Waals surface area contributed by atoms with E-state index in [9.17, 15) is 23.6 Å². The average Bonchev–Trinajstić information content (AvgIpc) is 3.37. The highest BCUT2D eigenvalue weighted by Gasteiger charge is 2.46. The molecule has 0 radical (unpaired) electrons. The van der Waals surface area contributed by atoms with Crippen LogP contribution in [-0.4, -0.2) is 60.7 Å². The highest BCUT2D eigenvalue weighted by molar-refractivity contribution is 6.23.